The average molecular weight is 371 g/mol. The van der Waals surface area contributed by atoms with Gasteiger partial charge in [-0.05, 0) is 38.3 Å². The molecule has 3 amide bonds. The number of likely N-dealkylation sites (N-methyl/N-ethyl adjacent to an activating group) is 1. The van der Waals surface area contributed by atoms with Gasteiger partial charge in [0.15, 0.2) is 12.4 Å². The van der Waals surface area contributed by atoms with Crippen molar-refractivity contribution < 1.29 is 18.8 Å². The predicted octanol–water partition coefficient (Wildman–Crippen LogP) is 2.49. The van der Waals surface area contributed by atoms with Crippen LogP contribution in [0.25, 0.3) is 0 Å². The van der Waals surface area contributed by atoms with Gasteiger partial charge in [0.05, 0.1) is 5.69 Å². The molecule has 1 atom stereocenters. The number of hydrogen-bond acceptors (Lipinski definition) is 6. The Morgan fingerprint density at radius 1 is 1.33 bits per heavy atom. The van der Waals surface area contributed by atoms with Gasteiger partial charge < -0.3 is 24.4 Å². The molecule has 1 fully saturated rings. The van der Waals surface area contributed by atoms with Crippen LogP contribution >= 0.6 is 0 Å². The molecular weight excluding hydrogens is 350 g/mol. The number of urea groups is 1. The van der Waals surface area contributed by atoms with Gasteiger partial charge in [0.1, 0.15) is 11.8 Å². The third kappa shape index (κ3) is 3.32. The van der Waals surface area contributed by atoms with E-state index < -0.39 is 0 Å². The molecule has 1 aromatic heterocycles. The van der Waals surface area contributed by atoms with Crippen LogP contribution < -0.4 is 15.0 Å². The predicted molar refractivity (Wildman–Crippen MR) is 96.7 cm³/mol. The summed E-state index contributed by atoms with van der Waals surface area (Å²) in [5.74, 6) is 1.49. The average Bonchev–Trinajstić information content (AvgIpc) is 3.11. The number of aryl methyl sites for hydroxylation is 1. The van der Waals surface area contributed by atoms with Crippen LogP contribution in [-0.4, -0.2) is 47.2 Å². The van der Waals surface area contributed by atoms with Crippen LogP contribution in [0.1, 0.15) is 37.0 Å². The van der Waals surface area contributed by atoms with E-state index in [9.17, 15) is 9.59 Å². The summed E-state index contributed by atoms with van der Waals surface area (Å²) in [6.07, 6.45) is 2.72. The first-order chi connectivity index (χ1) is 13.0. The Morgan fingerprint density at radius 3 is 2.96 bits per heavy atom. The fourth-order valence-corrected chi connectivity index (χ4v) is 3.43. The zero-order valence-electron chi connectivity index (χ0n) is 15.3. The van der Waals surface area contributed by atoms with Crippen molar-refractivity contribution >= 4 is 23.3 Å². The molecule has 0 bridgehead atoms. The first kappa shape index (κ1) is 17.3. The SMILES string of the molecule is Cc1noc([C@@H]2CCCCN2C(=O)Nc2ccc3c(c2)OCC(=O)N3C)n1. The lowest BCUT2D eigenvalue weighted by Crippen LogP contribution is -2.41. The Morgan fingerprint density at radius 2 is 2.19 bits per heavy atom. The highest BCUT2D eigenvalue weighted by atomic mass is 16.5. The Hall–Kier alpha value is -3.10. The molecule has 142 valence electrons. The van der Waals surface area contributed by atoms with Gasteiger partial charge in [-0.1, -0.05) is 5.16 Å². The number of anilines is 2. The van der Waals surface area contributed by atoms with E-state index in [0.717, 1.165) is 19.3 Å². The van der Waals surface area contributed by atoms with E-state index in [1.54, 1.807) is 42.0 Å². The van der Waals surface area contributed by atoms with Crippen LogP contribution in [0.15, 0.2) is 22.7 Å². The summed E-state index contributed by atoms with van der Waals surface area (Å²) >= 11 is 0. The molecule has 0 spiro atoms. The first-order valence-corrected chi connectivity index (χ1v) is 8.94. The Labute approximate surface area is 156 Å². The van der Waals surface area contributed by atoms with Gasteiger partial charge in [0.25, 0.3) is 5.91 Å². The number of hydrogen-bond donors (Lipinski definition) is 1. The van der Waals surface area contributed by atoms with Crippen LogP contribution in [-0.2, 0) is 4.79 Å². The van der Waals surface area contributed by atoms with E-state index in [1.165, 1.54) is 0 Å². The maximum atomic E-state index is 12.9. The topological polar surface area (TPSA) is 101 Å². The number of nitrogens with one attached hydrogen (secondary N) is 1. The molecule has 4 rings (SSSR count). The van der Waals surface area contributed by atoms with Crippen molar-refractivity contribution in [3.05, 3.63) is 29.9 Å². The quantitative estimate of drug-likeness (QED) is 0.870. The molecule has 2 aliphatic heterocycles. The summed E-state index contributed by atoms with van der Waals surface area (Å²) in [4.78, 5) is 32.1. The number of amides is 3. The van der Waals surface area contributed by atoms with Crippen LogP contribution in [0.3, 0.4) is 0 Å². The van der Waals surface area contributed by atoms with Crippen LogP contribution in [0.4, 0.5) is 16.2 Å². The van der Waals surface area contributed by atoms with Gasteiger partial charge in [-0.15, -0.1) is 0 Å². The Balaban J connectivity index is 1.52. The van der Waals surface area contributed by atoms with Crippen LogP contribution in [0.2, 0.25) is 0 Å². The normalized spacial score (nSPS) is 19.5. The lowest BCUT2D eigenvalue weighted by atomic mass is 10.0. The summed E-state index contributed by atoms with van der Waals surface area (Å²) < 4.78 is 10.8. The maximum absolute atomic E-state index is 12.9. The van der Waals surface area contributed by atoms with Gasteiger partial charge in [-0.25, -0.2) is 4.79 Å². The van der Waals surface area contributed by atoms with Gasteiger partial charge in [0, 0.05) is 25.3 Å². The monoisotopic (exact) mass is 371 g/mol. The van der Waals surface area contributed by atoms with Crippen molar-refractivity contribution in [2.24, 2.45) is 0 Å². The highest BCUT2D eigenvalue weighted by Crippen LogP contribution is 2.35. The van der Waals surface area contributed by atoms with E-state index >= 15 is 0 Å². The summed E-state index contributed by atoms with van der Waals surface area (Å²) in [7, 11) is 1.70. The molecule has 1 saturated heterocycles. The minimum atomic E-state index is -0.226. The van der Waals surface area contributed by atoms with Crippen molar-refractivity contribution in [2.75, 3.05) is 30.4 Å². The number of nitrogens with zero attached hydrogens (tertiary/aromatic N) is 4. The van der Waals surface area contributed by atoms with Crippen molar-refractivity contribution in [1.82, 2.24) is 15.0 Å². The molecule has 27 heavy (non-hydrogen) atoms. The van der Waals surface area contributed by atoms with Crippen molar-refractivity contribution in [2.45, 2.75) is 32.2 Å². The van der Waals surface area contributed by atoms with E-state index in [1.807, 2.05) is 0 Å². The lowest BCUT2D eigenvalue weighted by molar-refractivity contribution is -0.120. The number of benzene rings is 1. The third-order valence-electron chi connectivity index (χ3n) is 4.89. The Kier molecular flexibility index (Phi) is 4.43. The van der Waals surface area contributed by atoms with Crippen molar-refractivity contribution in [3.8, 4) is 5.75 Å². The fourth-order valence-electron chi connectivity index (χ4n) is 3.43. The molecule has 3 heterocycles. The number of rotatable bonds is 2. The zero-order chi connectivity index (χ0) is 19.0. The molecule has 9 nitrogen and oxygen atoms in total. The first-order valence-electron chi connectivity index (χ1n) is 8.94. The molecule has 0 aliphatic carbocycles. The number of likely N-dealkylation sites (tertiary alicyclic amines) is 1. The second-order valence-corrected chi connectivity index (χ2v) is 6.74. The number of carbonyl (C=O) groups is 2. The highest BCUT2D eigenvalue weighted by Gasteiger charge is 2.32. The van der Waals surface area contributed by atoms with E-state index in [2.05, 4.69) is 15.5 Å². The summed E-state index contributed by atoms with van der Waals surface area (Å²) in [6, 6.07) is 4.79. The van der Waals surface area contributed by atoms with Crippen molar-refractivity contribution in [1.29, 1.82) is 0 Å². The number of carbonyl (C=O) groups excluding carboxylic acids is 2. The van der Waals surface area contributed by atoms with E-state index in [-0.39, 0.29) is 24.6 Å². The fraction of sp³-hybridized carbons (Fsp3) is 0.444. The van der Waals surface area contributed by atoms with Crippen LogP contribution in [0, 0.1) is 6.92 Å². The molecular formula is C18H21N5O4. The maximum Gasteiger partial charge on any atom is 0.322 e. The van der Waals surface area contributed by atoms with E-state index in [0.29, 0.717) is 35.4 Å². The molecule has 0 saturated carbocycles. The molecule has 9 heteroatoms. The third-order valence-corrected chi connectivity index (χ3v) is 4.89. The standard InChI is InChI=1S/C18H21N5O4/c1-11-19-17(27-21-11)14-5-3-4-8-23(14)18(25)20-12-6-7-13-15(9-12)26-10-16(24)22(13)2/h6-7,9,14H,3-5,8,10H2,1-2H3,(H,20,25)/t14-/m0/s1. The number of ether oxygens (including phenoxy) is 1. The molecule has 2 aromatic rings. The zero-order valence-corrected chi connectivity index (χ0v) is 15.3. The summed E-state index contributed by atoms with van der Waals surface area (Å²) in [6.45, 7) is 2.37. The second kappa shape index (κ2) is 6.90. The van der Waals surface area contributed by atoms with E-state index in [4.69, 9.17) is 9.26 Å². The second-order valence-electron chi connectivity index (χ2n) is 6.74. The molecule has 0 unspecified atom stereocenters. The number of aromatic nitrogens is 2. The highest BCUT2D eigenvalue weighted by molar-refractivity contribution is 5.98. The molecule has 0 radical (unpaired) electrons. The number of piperidine rings is 1. The smallest absolute Gasteiger partial charge is 0.322 e. The van der Waals surface area contributed by atoms with Crippen molar-refractivity contribution in [3.63, 3.8) is 0 Å². The lowest BCUT2D eigenvalue weighted by Gasteiger charge is -2.33. The molecule has 2 aliphatic rings. The van der Waals surface area contributed by atoms with Gasteiger partial charge in [-0.3, -0.25) is 4.79 Å². The molecule has 1 N–H and O–H groups in total. The minimum Gasteiger partial charge on any atom is -0.481 e. The Bertz CT molecular complexity index is 880. The van der Waals surface area contributed by atoms with Gasteiger partial charge in [0.2, 0.25) is 5.89 Å². The minimum absolute atomic E-state index is 0.00832. The largest absolute Gasteiger partial charge is 0.481 e. The van der Waals surface area contributed by atoms with Gasteiger partial charge in [-0.2, -0.15) is 4.98 Å². The van der Waals surface area contributed by atoms with Gasteiger partial charge >= 0.3 is 6.03 Å². The summed E-state index contributed by atoms with van der Waals surface area (Å²) in [5.41, 5.74) is 1.29. The molecule has 1 aromatic carbocycles. The van der Waals surface area contributed by atoms with Crippen LogP contribution in [0.5, 0.6) is 5.75 Å². The number of fused-ring (bicyclic) bond motifs is 1. The summed E-state index contributed by atoms with van der Waals surface area (Å²) in [5, 5.41) is 6.75.